The molecule has 3 N–H and O–H groups in total. The van der Waals surface area contributed by atoms with E-state index in [0.29, 0.717) is 29.8 Å². The standard InChI is InChI=1S/C42H49N5O5/c1-3-4-5-6-12-24-43-41(50)45(2)35-17-13-16-34(30-35)32-22-20-31(21-23-32)29-38(40(49)46-25-27-47(28-26-46)42(51)52)44-37-19-11-10-18-36(37)39(48)33-14-8-7-9-15-33/h7-11,13-23,30,38,44H,3-6,12,24-29H2,1-2H3,(H,43,50)(H,51,52). The van der Waals surface area contributed by atoms with E-state index in [-0.39, 0.29) is 43.9 Å². The Morgan fingerprint density at radius 1 is 0.750 bits per heavy atom. The number of nitrogens with one attached hydrogen (secondary N) is 2. The van der Waals surface area contributed by atoms with E-state index in [1.165, 1.54) is 24.2 Å². The molecule has 0 radical (unpaired) electrons. The van der Waals surface area contributed by atoms with Crippen molar-refractivity contribution < 1.29 is 24.3 Å². The second kappa shape index (κ2) is 18.6. The summed E-state index contributed by atoms with van der Waals surface area (Å²) >= 11 is 0. The molecule has 272 valence electrons. The Kier molecular flexibility index (Phi) is 13.4. The Morgan fingerprint density at radius 2 is 1.42 bits per heavy atom. The zero-order valence-electron chi connectivity index (χ0n) is 30.1. The monoisotopic (exact) mass is 703 g/mol. The van der Waals surface area contributed by atoms with Crippen LogP contribution in [0.25, 0.3) is 11.1 Å². The van der Waals surface area contributed by atoms with Crippen molar-refractivity contribution in [1.29, 1.82) is 0 Å². The predicted molar refractivity (Wildman–Crippen MR) is 206 cm³/mol. The normalized spacial score (nSPS) is 13.3. The number of benzene rings is 4. The third kappa shape index (κ3) is 9.99. The van der Waals surface area contributed by atoms with E-state index in [1.54, 1.807) is 47.2 Å². The highest BCUT2D eigenvalue weighted by atomic mass is 16.4. The number of hydrogen-bond donors (Lipinski definition) is 3. The summed E-state index contributed by atoms with van der Waals surface area (Å²) in [5, 5.41) is 15.8. The first-order valence-corrected chi connectivity index (χ1v) is 18.2. The van der Waals surface area contributed by atoms with Crippen LogP contribution in [0, 0.1) is 0 Å². The van der Waals surface area contributed by atoms with Crippen molar-refractivity contribution in [3.05, 3.63) is 120 Å². The molecule has 10 heteroatoms. The van der Waals surface area contributed by atoms with Gasteiger partial charge in [0.15, 0.2) is 5.78 Å². The van der Waals surface area contributed by atoms with Crippen molar-refractivity contribution in [2.24, 2.45) is 0 Å². The molecule has 10 nitrogen and oxygen atoms in total. The third-order valence-corrected chi connectivity index (χ3v) is 9.52. The van der Waals surface area contributed by atoms with Crippen LogP contribution in [0.4, 0.5) is 21.0 Å². The Balaban J connectivity index is 1.31. The van der Waals surface area contributed by atoms with Gasteiger partial charge in [0, 0.05) is 68.7 Å². The van der Waals surface area contributed by atoms with Gasteiger partial charge in [0.2, 0.25) is 5.91 Å². The quantitative estimate of drug-likeness (QED) is 0.0869. The van der Waals surface area contributed by atoms with Crippen LogP contribution in [0.15, 0.2) is 103 Å². The van der Waals surface area contributed by atoms with Gasteiger partial charge in [0.05, 0.1) is 0 Å². The molecule has 0 aromatic heterocycles. The molecule has 1 unspecified atom stereocenters. The van der Waals surface area contributed by atoms with Gasteiger partial charge in [0.25, 0.3) is 0 Å². The maximum Gasteiger partial charge on any atom is 0.407 e. The largest absolute Gasteiger partial charge is 0.465 e. The van der Waals surface area contributed by atoms with Crippen LogP contribution < -0.4 is 15.5 Å². The Morgan fingerprint density at radius 3 is 2.13 bits per heavy atom. The van der Waals surface area contributed by atoms with E-state index < -0.39 is 12.1 Å². The number of anilines is 2. The van der Waals surface area contributed by atoms with Crippen LogP contribution in [0.3, 0.4) is 0 Å². The highest BCUT2D eigenvalue weighted by Crippen LogP contribution is 2.27. The van der Waals surface area contributed by atoms with Gasteiger partial charge >= 0.3 is 12.1 Å². The number of carbonyl (C=O) groups excluding carboxylic acids is 3. The summed E-state index contributed by atoms with van der Waals surface area (Å²) in [5.74, 6) is -0.312. The van der Waals surface area contributed by atoms with Gasteiger partial charge in [-0.05, 0) is 47.4 Å². The number of nitrogens with zero attached hydrogens (tertiary/aromatic N) is 3. The lowest BCUT2D eigenvalue weighted by atomic mass is 9.98. The van der Waals surface area contributed by atoms with Crippen LogP contribution >= 0.6 is 0 Å². The summed E-state index contributed by atoms with van der Waals surface area (Å²) in [6.45, 7) is 3.89. The molecule has 1 aliphatic heterocycles. The van der Waals surface area contributed by atoms with Crippen LogP contribution in [-0.2, 0) is 11.2 Å². The molecule has 1 heterocycles. The number of para-hydroxylation sites is 1. The predicted octanol–water partition coefficient (Wildman–Crippen LogP) is 7.55. The maximum absolute atomic E-state index is 14.1. The van der Waals surface area contributed by atoms with Crippen LogP contribution in [0.1, 0.15) is 60.5 Å². The van der Waals surface area contributed by atoms with Gasteiger partial charge in [0.1, 0.15) is 6.04 Å². The van der Waals surface area contributed by atoms with Crippen LogP contribution in [0.5, 0.6) is 0 Å². The molecular weight excluding hydrogens is 654 g/mol. The smallest absolute Gasteiger partial charge is 0.407 e. The molecule has 4 amide bonds. The first-order chi connectivity index (χ1) is 25.2. The van der Waals surface area contributed by atoms with Crippen molar-refractivity contribution >= 4 is 35.2 Å². The second-order valence-electron chi connectivity index (χ2n) is 13.2. The highest BCUT2D eigenvalue weighted by Gasteiger charge is 2.30. The average molecular weight is 704 g/mol. The van der Waals surface area contributed by atoms with Crippen molar-refractivity contribution in [3.8, 4) is 11.1 Å². The fourth-order valence-corrected chi connectivity index (χ4v) is 6.40. The van der Waals surface area contributed by atoms with Gasteiger partial charge in [-0.15, -0.1) is 0 Å². The molecule has 52 heavy (non-hydrogen) atoms. The number of rotatable bonds is 15. The van der Waals surface area contributed by atoms with Gasteiger partial charge in [-0.1, -0.05) is 111 Å². The number of urea groups is 1. The van der Waals surface area contributed by atoms with E-state index in [1.807, 2.05) is 72.8 Å². The maximum atomic E-state index is 14.1. The lowest BCUT2D eigenvalue weighted by molar-refractivity contribution is -0.133. The van der Waals surface area contributed by atoms with Crippen LogP contribution in [-0.4, -0.2) is 84.5 Å². The van der Waals surface area contributed by atoms with E-state index in [4.69, 9.17) is 0 Å². The minimum absolute atomic E-state index is 0.136. The first-order valence-electron chi connectivity index (χ1n) is 18.2. The highest BCUT2D eigenvalue weighted by molar-refractivity contribution is 6.12. The van der Waals surface area contributed by atoms with Gasteiger partial charge in [-0.2, -0.15) is 0 Å². The zero-order valence-corrected chi connectivity index (χ0v) is 30.1. The number of ketones is 1. The molecule has 5 rings (SSSR count). The number of hydrogen-bond acceptors (Lipinski definition) is 5. The SMILES string of the molecule is CCCCCCCNC(=O)N(C)c1cccc(-c2ccc(CC(Nc3ccccc3C(=O)c3ccccc3)C(=O)N3CCN(C(=O)O)CC3)cc2)c1. The summed E-state index contributed by atoms with van der Waals surface area (Å²) in [6, 6.07) is 31.2. The zero-order chi connectivity index (χ0) is 36.9. The number of piperazine rings is 1. The molecule has 0 bridgehead atoms. The Hall–Kier alpha value is -5.64. The molecule has 1 saturated heterocycles. The number of carbonyl (C=O) groups is 4. The number of carboxylic acid groups (broad SMARTS) is 1. The number of amides is 4. The Labute approximate surface area is 306 Å². The lowest BCUT2D eigenvalue weighted by Gasteiger charge is -2.35. The average Bonchev–Trinajstić information content (AvgIpc) is 3.19. The molecule has 1 atom stereocenters. The molecule has 1 fully saturated rings. The van der Waals surface area contributed by atoms with E-state index in [2.05, 4.69) is 17.6 Å². The molecule has 0 spiro atoms. The number of unbranched alkanes of at least 4 members (excludes halogenated alkanes) is 4. The minimum Gasteiger partial charge on any atom is -0.465 e. The third-order valence-electron chi connectivity index (χ3n) is 9.52. The minimum atomic E-state index is -0.996. The topological polar surface area (TPSA) is 122 Å². The van der Waals surface area contributed by atoms with Crippen molar-refractivity contribution in [1.82, 2.24) is 15.1 Å². The summed E-state index contributed by atoms with van der Waals surface area (Å²) in [7, 11) is 1.77. The molecule has 4 aromatic carbocycles. The first kappa shape index (κ1) is 37.6. The molecule has 1 aliphatic rings. The summed E-state index contributed by atoms with van der Waals surface area (Å²) in [5.41, 5.74) is 5.19. The molecule has 0 saturated carbocycles. The lowest BCUT2D eigenvalue weighted by Crippen LogP contribution is -2.54. The molecular formula is C42H49N5O5. The summed E-state index contributed by atoms with van der Waals surface area (Å²) in [6.07, 6.45) is 5.02. The van der Waals surface area contributed by atoms with E-state index >= 15 is 0 Å². The fourth-order valence-electron chi connectivity index (χ4n) is 6.40. The summed E-state index contributed by atoms with van der Waals surface area (Å²) < 4.78 is 0. The van der Waals surface area contributed by atoms with Gasteiger partial charge in [-0.25, -0.2) is 9.59 Å². The van der Waals surface area contributed by atoms with Crippen molar-refractivity contribution in [3.63, 3.8) is 0 Å². The van der Waals surface area contributed by atoms with Gasteiger partial charge < -0.3 is 25.5 Å². The second-order valence-corrected chi connectivity index (χ2v) is 13.2. The van der Waals surface area contributed by atoms with E-state index in [0.717, 1.165) is 35.2 Å². The van der Waals surface area contributed by atoms with Gasteiger partial charge in [-0.3, -0.25) is 14.5 Å². The summed E-state index contributed by atoms with van der Waals surface area (Å²) in [4.78, 5) is 56.6. The Bertz CT molecular complexity index is 1810. The fraction of sp³-hybridized carbons (Fsp3) is 0.333. The van der Waals surface area contributed by atoms with Crippen LogP contribution in [0.2, 0.25) is 0 Å². The van der Waals surface area contributed by atoms with E-state index in [9.17, 15) is 24.3 Å². The molecule has 4 aromatic rings. The van der Waals surface area contributed by atoms with Crippen molar-refractivity contribution in [2.75, 3.05) is 50.0 Å². The molecule has 0 aliphatic carbocycles. The van der Waals surface area contributed by atoms with Crippen molar-refractivity contribution in [2.45, 2.75) is 51.5 Å².